The van der Waals surface area contributed by atoms with Crippen LogP contribution in [0.2, 0.25) is 0 Å². The van der Waals surface area contributed by atoms with E-state index in [1.165, 1.54) is 10.4 Å². The molecule has 2 heterocycles. The molecule has 1 aromatic carbocycles. The van der Waals surface area contributed by atoms with E-state index in [2.05, 4.69) is 22.5 Å². The van der Waals surface area contributed by atoms with Gasteiger partial charge in [0.05, 0.1) is 11.4 Å². The normalized spacial score (nSPS) is 17.2. The lowest BCUT2D eigenvalue weighted by Gasteiger charge is -2.17. The molecule has 2 aromatic heterocycles. The van der Waals surface area contributed by atoms with Gasteiger partial charge in [-0.05, 0) is 55.9 Å². The highest BCUT2D eigenvalue weighted by molar-refractivity contribution is 7.18. The second-order valence-electron chi connectivity index (χ2n) is 7.51. The fraction of sp³-hybridized carbons (Fsp3) is 0.381. The van der Waals surface area contributed by atoms with Crippen molar-refractivity contribution in [2.24, 2.45) is 5.92 Å². The molecule has 28 heavy (non-hydrogen) atoms. The van der Waals surface area contributed by atoms with Crippen molar-refractivity contribution in [1.82, 2.24) is 15.3 Å². The van der Waals surface area contributed by atoms with E-state index < -0.39 is 0 Å². The number of aromatic amines is 1. The number of aryl methyl sites for hydroxylation is 1. The highest BCUT2D eigenvalue weighted by Crippen LogP contribution is 2.36. The summed E-state index contributed by atoms with van der Waals surface area (Å²) in [6.45, 7) is 4.21. The third-order valence-electron chi connectivity index (χ3n) is 5.33. The molecule has 0 radical (unpaired) electrons. The molecule has 7 heteroatoms. The van der Waals surface area contributed by atoms with Crippen molar-refractivity contribution in [3.05, 3.63) is 56.4 Å². The van der Waals surface area contributed by atoms with Crippen LogP contribution in [0.15, 0.2) is 29.1 Å². The zero-order valence-electron chi connectivity index (χ0n) is 16.3. The Bertz CT molecular complexity index is 1100. The number of carbonyl (C=O) groups excluding carboxylic acids is 1. The molecule has 0 unspecified atom stereocenters. The second-order valence-corrected chi connectivity index (χ2v) is 8.59. The first kappa shape index (κ1) is 18.7. The van der Waals surface area contributed by atoms with E-state index in [0.717, 1.165) is 35.2 Å². The highest BCUT2D eigenvalue weighted by atomic mass is 32.1. The smallest absolute Gasteiger partial charge is 0.259 e. The fourth-order valence-corrected chi connectivity index (χ4v) is 5.17. The van der Waals surface area contributed by atoms with Crippen molar-refractivity contribution in [3.8, 4) is 0 Å². The maximum atomic E-state index is 12.8. The van der Waals surface area contributed by atoms with Crippen LogP contribution in [-0.4, -0.2) is 22.9 Å². The van der Waals surface area contributed by atoms with E-state index in [0.29, 0.717) is 17.3 Å². The summed E-state index contributed by atoms with van der Waals surface area (Å²) in [6, 6.07) is 7.07. The van der Waals surface area contributed by atoms with Gasteiger partial charge < -0.3 is 15.6 Å². The van der Waals surface area contributed by atoms with Gasteiger partial charge in [0.1, 0.15) is 10.7 Å². The summed E-state index contributed by atoms with van der Waals surface area (Å²) >= 11 is 1.65. The van der Waals surface area contributed by atoms with Crippen LogP contribution in [0, 0.1) is 5.92 Å². The van der Waals surface area contributed by atoms with Gasteiger partial charge in [0.2, 0.25) is 0 Å². The first-order valence-electron chi connectivity index (χ1n) is 9.59. The van der Waals surface area contributed by atoms with Gasteiger partial charge >= 0.3 is 0 Å². The average molecular weight is 397 g/mol. The number of nitrogens with one attached hydrogen (secondary N) is 3. The Morgan fingerprint density at radius 2 is 2.21 bits per heavy atom. The van der Waals surface area contributed by atoms with Crippen molar-refractivity contribution < 1.29 is 4.79 Å². The van der Waals surface area contributed by atoms with Gasteiger partial charge in [0.15, 0.2) is 0 Å². The lowest BCUT2D eigenvalue weighted by atomic mass is 9.89. The number of hydrogen-bond acceptors (Lipinski definition) is 5. The van der Waals surface area contributed by atoms with Crippen molar-refractivity contribution in [2.45, 2.75) is 39.2 Å². The molecule has 1 amide bonds. The number of rotatable bonds is 4. The Morgan fingerprint density at radius 3 is 3.00 bits per heavy atom. The molecule has 3 aromatic rings. The van der Waals surface area contributed by atoms with Crippen LogP contribution in [0.3, 0.4) is 0 Å². The first-order chi connectivity index (χ1) is 13.5. The summed E-state index contributed by atoms with van der Waals surface area (Å²) < 4.78 is 0. The van der Waals surface area contributed by atoms with Crippen molar-refractivity contribution in [1.29, 1.82) is 0 Å². The number of nitrogens with zero attached hydrogens (tertiary/aromatic N) is 1. The molecule has 146 valence electrons. The zero-order valence-corrected chi connectivity index (χ0v) is 17.1. The minimum Gasteiger partial charge on any atom is -0.375 e. The Labute approximate surface area is 167 Å². The van der Waals surface area contributed by atoms with Gasteiger partial charge in [-0.15, -0.1) is 11.3 Å². The molecule has 0 aliphatic heterocycles. The molecule has 3 N–H and O–H groups in total. The Balaban J connectivity index is 1.64. The largest absolute Gasteiger partial charge is 0.375 e. The molecular formula is C21H24N4O2S. The summed E-state index contributed by atoms with van der Waals surface area (Å²) in [5.41, 5.74) is 2.52. The minimum absolute atomic E-state index is 0.0557. The van der Waals surface area contributed by atoms with Gasteiger partial charge in [0, 0.05) is 23.2 Å². The number of H-pyrrole nitrogens is 1. The van der Waals surface area contributed by atoms with Crippen LogP contribution >= 0.6 is 11.3 Å². The monoisotopic (exact) mass is 396 g/mol. The van der Waals surface area contributed by atoms with E-state index >= 15 is 0 Å². The zero-order chi connectivity index (χ0) is 19.8. The number of fused-ring (bicyclic) bond motifs is 3. The molecular weight excluding hydrogens is 372 g/mol. The fourth-order valence-electron chi connectivity index (χ4n) is 3.78. The summed E-state index contributed by atoms with van der Waals surface area (Å²) in [6.07, 6.45) is 3.12. The molecule has 0 bridgehead atoms. The summed E-state index contributed by atoms with van der Waals surface area (Å²) in [5, 5.41) is 6.72. The predicted molar refractivity (Wildman–Crippen MR) is 113 cm³/mol. The predicted octanol–water partition coefficient (Wildman–Crippen LogP) is 3.64. The van der Waals surface area contributed by atoms with Crippen molar-refractivity contribution >= 4 is 33.1 Å². The Hall–Kier alpha value is -2.67. The number of aromatic nitrogens is 2. The van der Waals surface area contributed by atoms with E-state index in [9.17, 15) is 9.59 Å². The van der Waals surface area contributed by atoms with Crippen molar-refractivity contribution in [3.63, 3.8) is 0 Å². The first-order valence-corrected chi connectivity index (χ1v) is 10.4. The van der Waals surface area contributed by atoms with Crippen molar-refractivity contribution in [2.75, 3.05) is 12.4 Å². The Kier molecular flexibility index (Phi) is 4.93. The van der Waals surface area contributed by atoms with Gasteiger partial charge in [-0.3, -0.25) is 9.59 Å². The van der Waals surface area contributed by atoms with Crippen LogP contribution in [0.25, 0.3) is 10.2 Å². The van der Waals surface area contributed by atoms with Gasteiger partial charge in [-0.1, -0.05) is 13.0 Å². The van der Waals surface area contributed by atoms with Gasteiger partial charge in [-0.25, -0.2) is 4.98 Å². The number of hydrogen-bond donors (Lipinski definition) is 3. The number of benzene rings is 1. The molecule has 1 aliphatic carbocycles. The third kappa shape index (κ3) is 3.42. The lowest BCUT2D eigenvalue weighted by molar-refractivity contribution is 0.0963. The van der Waals surface area contributed by atoms with E-state index in [-0.39, 0.29) is 17.5 Å². The van der Waals surface area contributed by atoms with Crippen LogP contribution in [-0.2, 0) is 12.8 Å². The van der Waals surface area contributed by atoms with E-state index in [1.54, 1.807) is 30.5 Å². The maximum absolute atomic E-state index is 12.8. The topological polar surface area (TPSA) is 86.9 Å². The molecule has 0 saturated carbocycles. The molecule has 0 fully saturated rings. The summed E-state index contributed by atoms with van der Waals surface area (Å²) in [5.74, 6) is 1.13. The minimum atomic E-state index is -0.199. The number of thiophene rings is 1. The molecule has 4 rings (SSSR count). The van der Waals surface area contributed by atoms with E-state index in [4.69, 9.17) is 4.98 Å². The summed E-state index contributed by atoms with van der Waals surface area (Å²) in [7, 11) is 1.61. The van der Waals surface area contributed by atoms with E-state index in [1.807, 2.05) is 19.1 Å². The van der Waals surface area contributed by atoms with Crippen LogP contribution in [0.4, 0.5) is 5.69 Å². The SMILES string of the molecule is CNC(=O)c1cccc(N[C@H](C)c2nc3sc4c(c3c(=O)[nH]2)CC[C@@H](C)C4)c1. The standard InChI is InChI=1S/C21H24N4O2S/c1-11-7-8-15-16(9-11)28-21-17(15)20(27)24-18(25-21)12(2)23-14-6-4-5-13(10-14)19(26)22-3/h4-6,10-12,23H,7-9H2,1-3H3,(H,22,26)(H,24,25,27)/t11-,12-/m1/s1. The Morgan fingerprint density at radius 1 is 1.39 bits per heavy atom. The second kappa shape index (κ2) is 7.39. The number of carbonyl (C=O) groups is 1. The lowest BCUT2D eigenvalue weighted by Crippen LogP contribution is -2.19. The molecule has 1 aliphatic rings. The van der Waals surface area contributed by atoms with Crippen LogP contribution in [0.1, 0.15) is 52.9 Å². The summed E-state index contributed by atoms with van der Waals surface area (Å²) in [4.78, 5) is 34.5. The highest BCUT2D eigenvalue weighted by Gasteiger charge is 2.23. The molecule has 6 nitrogen and oxygen atoms in total. The van der Waals surface area contributed by atoms with Crippen LogP contribution in [0.5, 0.6) is 0 Å². The maximum Gasteiger partial charge on any atom is 0.259 e. The van der Waals surface area contributed by atoms with Gasteiger partial charge in [0.25, 0.3) is 11.5 Å². The van der Waals surface area contributed by atoms with Gasteiger partial charge in [-0.2, -0.15) is 0 Å². The third-order valence-corrected chi connectivity index (χ3v) is 6.48. The number of amides is 1. The number of anilines is 1. The van der Waals surface area contributed by atoms with Crippen LogP contribution < -0.4 is 16.2 Å². The molecule has 0 spiro atoms. The average Bonchev–Trinajstić information content (AvgIpc) is 3.05. The molecule has 2 atom stereocenters. The molecule has 0 saturated heterocycles. The quantitative estimate of drug-likeness (QED) is 0.628.